The van der Waals surface area contributed by atoms with Crippen LogP contribution in [0, 0.1) is 0 Å². The molecule has 0 fully saturated rings. The monoisotopic (exact) mass is 262 g/mol. The molecule has 19 heavy (non-hydrogen) atoms. The third-order valence-electron chi connectivity index (χ3n) is 2.91. The minimum atomic E-state index is 0.475. The summed E-state index contributed by atoms with van der Waals surface area (Å²) in [5.41, 5.74) is 1.60. The Labute approximate surface area is 113 Å². The predicted molar refractivity (Wildman–Crippen MR) is 70.5 cm³/mol. The summed E-state index contributed by atoms with van der Waals surface area (Å²) in [5.74, 6) is 0.475. The second-order valence-corrected chi connectivity index (χ2v) is 4.59. The van der Waals surface area contributed by atoms with Crippen LogP contribution in [0.5, 0.6) is 5.88 Å². The van der Waals surface area contributed by atoms with Crippen LogP contribution in [0.2, 0.25) is 0 Å². The van der Waals surface area contributed by atoms with Crippen LogP contribution in [0.3, 0.4) is 0 Å². The number of aromatic nitrogens is 3. The van der Waals surface area contributed by atoms with Gasteiger partial charge in [0.05, 0.1) is 12.2 Å². The van der Waals surface area contributed by atoms with Crippen molar-refractivity contribution in [2.75, 3.05) is 6.61 Å². The minimum absolute atomic E-state index is 0.475. The van der Waals surface area contributed by atoms with E-state index in [2.05, 4.69) is 17.2 Å². The number of hydrogen-bond acceptors (Lipinski definition) is 4. The van der Waals surface area contributed by atoms with Gasteiger partial charge in [-0.1, -0.05) is 26.2 Å². The molecule has 5 heteroatoms. The molecule has 0 spiro atoms. The highest BCUT2D eigenvalue weighted by Crippen LogP contribution is 2.24. The van der Waals surface area contributed by atoms with Gasteiger partial charge in [0.1, 0.15) is 7.05 Å². The van der Waals surface area contributed by atoms with E-state index >= 15 is 0 Å². The molecule has 0 aliphatic carbocycles. The smallest absolute Gasteiger partial charge is 0.284 e. The molecule has 0 saturated carbocycles. The molecule has 0 aliphatic heterocycles. The van der Waals surface area contributed by atoms with E-state index in [9.17, 15) is 0 Å². The summed E-state index contributed by atoms with van der Waals surface area (Å²) in [6, 6.07) is 3.92. The van der Waals surface area contributed by atoms with Crippen LogP contribution < -0.4 is 9.30 Å². The Morgan fingerprint density at radius 1 is 1.26 bits per heavy atom. The molecule has 0 atom stereocenters. The Kier molecular flexibility index (Phi) is 4.89. The molecule has 0 amide bonds. The van der Waals surface area contributed by atoms with Crippen LogP contribution in [0.25, 0.3) is 11.3 Å². The van der Waals surface area contributed by atoms with Crippen LogP contribution in [-0.4, -0.2) is 16.9 Å². The first-order valence-corrected chi connectivity index (χ1v) is 6.72. The predicted octanol–water partition coefficient (Wildman–Crippen LogP) is 2.52. The highest BCUT2D eigenvalue weighted by atomic mass is 16.6. The van der Waals surface area contributed by atoms with Crippen molar-refractivity contribution in [3.05, 3.63) is 24.5 Å². The zero-order chi connectivity index (χ0) is 13.5. The standard InChI is InChI=1S/C14H20N3O2/c1-3-4-5-6-10-18-14-13(15-19-16-14)12-8-7-9-17(2)11-12/h7-9,11H,3-6,10H2,1-2H3/q+1. The maximum absolute atomic E-state index is 5.64. The quantitative estimate of drug-likeness (QED) is 0.568. The van der Waals surface area contributed by atoms with Gasteiger partial charge in [-0.2, -0.15) is 0 Å². The van der Waals surface area contributed by atoms with Crippen molar-refractivity contribution in [3.8, 4) is 17.1 Å². The van der Waals surface area contributed by atoms with Gasteiger partial charge in [-0.05, 0) is 22.8 Å². The number of ether oxygens (including phenoxy) is 1. The van der Waals surface area contributed by atoms with Crippen molar-refractivity contribution < 1.29 is 13.9 Å². The van der Waals surface area contributed by atoms with E-state index in [4.69, 9.17) is 9.37 Å². The van der Waals surface area contributed by atoms with Crippen molar-refractivity contribution in [1.82, 2.24) is 10.3 Å². The minimum Gasteiger partial charge on any atom is -0.474 e. The Bertz CT molecular complexity index is 511. The Hall–Kier alpha value is -1.91. The molecule has 0 unspecified atom stereocenters. The van der Waals surface area contributed by atoms with Crippen molar-refractivity contribution in [1.29, 1.82) is 0 Å². The zero-order valence-electron chi connectivity index (χ0n) is 11.5. The van der Waals surface area contributed by atoms with Crippen molar-refractivity contribution in [3.63, 3.8) is 0 Å². The number of nitrogens with zero attached hydrogens (tertiary/aromatic N) is 3. The summed E-state index contributed by atoms with van der Waals surface area (Å²) >= 11 is 0. The van der Waals surface area contributed by atoms with Crippen LogP contribution in [0.15, 0.2) is 29.2 Å². The number of unbranched alkanes of at least 4 members (excludes halogenated alkanes) is 3. The number of hydrogen-bond donors (Lipinski definition) is 0. The van der Waals surface area contributed by atoms with Gasteiger partial charge in [-0.3, -0.25) is 0 Å². The molecule has 102 valence electrons. The fraction of sp³-hybridized carbons (Fsp3) is 0.500. The van der Waals surface area contributed by atoms with Gasteiger partial charge in [0.2, 0.25) is 0 Å². The zero-order valence-corrected chi connectivity index (χ0v) is 11.5. The van der Waals surface area contributed by atoms with Gasteiger partial charge in [0.25, 0.3) is 5.88 Å². The second kappa shape index (κ2) is 6.87. The van der Waals surface area contributed by atoms with Crippen LogP contribution >= 0.6 is 0 Å². The van der Waals surface area contributed by atoms with Crippen molar-refractivity contribution in [2.45, 2.75) is 32.6 Å². The fourth-order valence-corrected chi connectivity index (χ4v) is 1.88. The molecule has 2 aromatic heterocycles. The third-order valence-corrected chi connectivity index (χ3v) is 2.91. The van der Waals surface area contributed by atoms with Gasteiger partial charge in [-0.15, -0.1) is 0 Å². The number of aryl methyl sites for hydroxylation is 1. The first-order valence-electron chi connectivity index (χ1n) is 6.72. The average molecular weight is 262 g/mol. The lowest BCUT2D eigenvalue weighted by Gasteiger charge is -2.02. The first-order chi connectivity index (χ1) is 9.31. The van der Waals surface area contributed by atoms with E-state index < -0.39 is 0 Å². The van der Waals surface area contributed by atoms with E-state index in [0.717, 1.165) is 12.0 Å². The fourth-order valence-electron chi connectivity index (χ4n) is 1.88. The van der Waals surface area contributed by atoms with Crippen molar-refractivity contribution >= 4 is 0 Å². The normalized spacial score (nSPS) is 10.6. The average Bonchev–Trinajstić information content (AvgIpc) is 2.87. The third kappa shape index (κ3) is 3.77. The van der Waals surface area contributed by atoms with E-state index in [1.807, 2.05) is 36.1 Å². The lowest BCUT2D eigenvalue weighted by molar-refractivity contribution is -0.671. The molecule has 2 rings (SSSR count). The summed E-state index contributed by atoms with van der Waals surface area (Å²) in [4.78, 5) is 0. The summed E-state index contributed by atoms with van der Waals surface area (Å²) in [6.07, 6.45) is 8.59. The molecular weight excluding hydrogens is 242 g/mol. The summed E-state index contributed by atoms with van der Waals surface area (Å²) in [7, 11) is 1.96. The van der Waals surface area contributed by atoms with Gasteiger partial charge in [0.15, 0.2) is 18.1 Å². The molecule has 0 N–H and O–H groups in total. The summed E-state index contributed by atoms with van der Waals surface area (Å²) in [6.45, 7) is 2.84. The maximum atomic E-state index is 5.64. The van der Waals surface area contributed by atoms with Crippen LogP contribution in [-0.2, 0) is 7.05 Å². The van der Waals surface area contributed by atoms with E-state index in [0.29, 0.717) is 18.2 Å². The molecule has 0 bridgehead atoms. The van der Waals surface area contributed by atoms with Gasteiger partial charge in [0, 0.05) is 6.07 Å². The van der Waals surface area contributed by atoms with Crippen molar-refractivity contribution in [2.24, 2.45) is 7.05 Å². The molecule has 2 heterocycles. The summed E-state index contributed by atoms with van der Waals surface area (Å²) < 4.78 is 12.4. The lowest BCUT2D eigenvalue weighted by Crippen LogP contribution is -2.26. The second-order valence-electron chi connectivity index (χ2n) is 4.59. The number of pyridine rings is 1. The Morgan fingerprint density at radius 2 is 2.16 bits per heavy atom. The molecule has 0 aromatic carbocycles. The highest BCUT2D eigenvalue weighted by Gasteiger charge is 2.15. The van der Waals surface area contributed by atoms with Gasteiger partial charge < -0.3 is 4.74 Å². The first kappa shape index (κ1) is 13.5. The maximum Gasteiger partial charge on any atom is 0.284 e. The lowest BCUT2D eigenvalue weighted by atomic mass is 10.2. The molecule has 0 aliphatic rings. The topological polar surface area (TPSA) is 52.0 Å². The molecule has 0 radical (unpaired) electrons. The van der Waals surface area contributed by atoms with Gasteiger partial charge >= 0.3 is 0 Å². The van der Waals surface area contributed by atoms with Crippen LogP contribution in [0.1, 0.15) is 32.6 Å². The summed E-state index contributed by atoms with van der Waals surface area (Å²) in [5, 5.41) is 7.74. The highest BCUT2D eigenvalue weighted by molar-refractivity contribution is 5.61. The van der Waals surface area contributed by atoms with Gasteiger partial charge in [-0.25, -0.2) is 9.20 Å². The Morgan fingerprint density at radius 3 is 2.95 bits per heavy atom. The van der Waals surface area contributed by atoms with E-state index in [1.54, 1.807) is 0 Å². The molecular formula is C14H20N3O2+. The largest absolute Gasteiger partial charge is 0.474 e. The Balaban J connectivity index is 1.98. The molecule has 2 aromatic rings. The SMILES string of the molecule is CCCCCCOc1nonc1-c1ccc[n+](C)c1. The van der Waals surface area contributed by atoms with E-state index in [-0.39, 0.29) is 0 Å². The number of rotatable bonds is 7. The molecule has 0 saturated heterocycles. The van der Waals surface area contributed by atoms with Crippen LogP contribution in [0.4, 0.5) is 0 Å². The van der Waals surface area contributed by atoms with E-state index in [1.165, 1.54) is 19.3 Å². The molecule has 5 nitrogen and oxygen atoms in total.